The number of rotatable bonds is 9. The van der Waals surface area contributed by atoms with E-state index in [1.165, 1.54) is 5.69 Å². The molecule has 1 aromatic rings. The molecule has 0 aliphatic carbocycles. The molecule has 2 rings (SSSR count). The summed E-state index contributed by atoms with van der Waals surface area (Å²) in [4.78, 5) is 21.3. The second-order valence-electron chi connectivity index (χ2n) is 7.21. The van der Waals surface area contributed by atoms with E-state index in [2.05, 4.69) is 53.4 Å². The molecule has 0 unspecified atom stereocenters. The molecule has 29 heavy (non-hydrogen) atoms. The number of hydrogen-bond donors (Lipinski definition) is 1. The fraction of sp³-hybridized carbons (Fsp3) is 0.636. The van der Waals surface area contributed by atoms with Crippen molar-refractivity contribution in [1.29, 1.82) is 0 Å². The van der Waals surface area contributed by atoms with Gasteiger partial charge in [0, 0.05) is 45.5 Å². The average molecular weight is 516 g/mol. The van der Waals surface area contributed by atoms with E-state index >= 15 is 0 Å². The van der Waals surface area contributed by atoms with Gasteiger partial charge >= 0.3 is 5.97 Å². The van der Waals surface area contributed by atoms with Gasteiger partial charge in [-0.3, -0.25) is 9.79 Å². The number of halogens is 1. The molecular formula is C22H37IN4O2. The Bertz CT molecular complexity index is 604. The highest BCUT2D eigenvalue weighted by atomic mass is 127. The molecule has 0 amide bonds. The standard InChI is InChI=1S/C22H36N4O2.HI/c1-4-23-22(26-17-13-19(14-18-26)21(27)28-5-2)24-15-9-10-16-25(3)20-11-7-6-8-12-20;/h6-8,11-12,19H,4-5,9-10,13-18H2,1-3H3,(H,23,24);1H. The summed E-state index contributed by atoms with van der Waals surface area (Å²) in [5.41, 5.74) is 1.25. The second-order valence-corrected chi connectivity index (χ2v) is 7.21. The predicted molar refractivity (Wildman–Crippen MR) is 131 cm³/mol. The Morgan fingerprint density at radius 3 is 2.52 bits per heavy atom. The number of unbranched alkanes of at least 4 members (excludes halogenated alkanes) is 1. The minimum atomic E-state index is -0.0494. The van der Waals surface area contributed by atoms with Crippen molar-refractivity contribution in [2.75, 3.05) is 51.3 Å². The van der Waals surface area contributed by atoms with Gasteiger partial charge < -0.3 is 19.9 Å². The van der Waals surface area contributed by atoms with Crippen LogP contribution in [0.15, 0.2) is 35.3 Å². The van der Waals surface area contributed by atoms with Gasteiger partial charge in [-0.25, -0.2) is 0 Å². The Morgan fingerprint density at radius 1 is 1.21 bits per heavy atom. The third-order valence-corrected chi connectivity index (χ3v) is 5.11. The van der Waals surface area contributed by atoms with Gasteiger partial charge in [0.2, 0.25) is 0 Å². The molecule has 6 nitrogen and oxygen atoms in total. The van der Waals surface area contributed by atoms with Gasteiger partial charge in [-0.05, 0) is 51.7 Å². The van der Waals surface area contributed by atoms with Gasteiger partial charge in [0.1, 0.15) is 0 Å². The number of hydrogen-bond acceptors (Lipinski definition) is 4. The van der Waals surface area contributed by atoms with E-state index in [1.807, 2.05) is 13.0 Å². The van der Waals surface area contributed by atoms with Crippen molar-refractivity contribution < 1.29 is 9.53 Å². The summed E-state index contributed by atoms with van der Waals surface area (Å²) >= 11 is 0. The minimum Gasteiger partial charge on any atom is -0.466 e. The van der Waals surface area contributed by atoms with E-state index < -0.39 is 0 Å². The largest absolute Gasteiger partial charge is 0.466 e. The van der Waals surface area contributed by atoms with Crippen molar-refractivity contribution in [1.82, 2.24) is 10.2 Å². The molecule has 1 saturated heterocycles. The molecule has 0 atom stereocenters. The number of ether oxygens (including phenoxy) is 1. The fourth-order valence-corrected chi connectivity index (χ4v) is 3.47. The van der Waals surface area contributed by atoms with Crippen molar-refractivity contribution in [2.24, 2.45) is 10.9 Å². The Labute approximate surface area is 193 Å². The van der Waals surface area contributed by atoms with Crippen LogP contribution in [0.5, 0.6) is 0 Å². The van der Waals surface area contributed by atoms with Crippen molar-refractivity contribution in [3.05, 3.63) is 30.3 Å². The van der Waals surface area contributed by atoms with E-state index in [1.54, 1.807) is 0 Å². The monoisotopic (exact) mass is 516 g/mol. The lowest BCUT2D eigenvalue weighted by atomic mass is 9.97. The predicted octanol–water partition coefficient (Wildman–Crippen LogP) is 3.76. The molecule has 0 aromatic heterocycles. The van der Waals surface area contributed by atoms with Gasteiger partial charge in [-0.1, -0.05) is 18.2 Å². The van der Waals surface area contributed by atoms with Crippen LogP contribution in [0.1, 0.15) is 39.5 Å². The van der Waals surface area contributed by atoms with E-state index in [-0.39, 0.29) is 35.9 Å². The summed E-state index contributed by atoms with van der Waals surface area (Å²) in [6.45, 7) is 8.83. The number of piperidine rings is 1. The highest BCUT2D eigenvalue weighted by Crippen LogP contribution is 2.19. The molecule has 1 aliphatic rings. The smallest absolute Gasteiger partial charge is 0.309 e. The van der Waals surface area contributed by atoms with E-state index in [4.69, 9.17) is 9.73 Å². The molecule has 0 saturated carbocycles. The Kier molecular flexibility index (Phi) is 12.7. The first kappa shape index (κ1) is 25.5. The number of guanidine groups is 1. The topological polar surface area (TPSA) is 57.2 Å². The SMILES string of the molecule is CCNC(=NCCCCN(C)c1ccccc1)N1CCC(C(=O)OCC)CC1.I. The van der Waals surface area contributed by atoms with Gasteiger partial charge in [0.05, 0.1) is 12.5 Å². The number of carbonyl (C=O) groups excluding carboxylic acids is 1. The van der Waals surface area contributed by atoms with Crippen LogP contribution in [0.2, 0.25) is 0 Å². The van der Waals surface area contributed by atoms with Crippen LogP contribution in [0.4, 0.5) is 5.69 Å². The Balaban J connectivity index is 0.00000420. The third-order valence-electron chi connectivity index (χ3n) is 5.11. The molecule has 1 aliphatic heterocycles. The van der Waals surface area contributed by atoms with Crippen molar-refractivity contribution >= 4 is 41.6 Å². The number of aliphatic imine (C=N–C) groups is 1. The quantitative estimate of drug-likeness (QED) is 0.178. The maximum Gasteiger partial charge on any atom is 0.309 e. The average Bonchev–Trinajstić information content (AvgIpc) is 2.73. The molecule has 0 spiro atoms. The summed E-state index contributed by atoms with van der Waals surface area (Å²) < 4.78 is 5.16. The van der Waals surface area contributed by atoms with Crippen molar-refractivity contribution in [3.8, 4) is 0 Å². The maximum atomic E-state index is 11.9. The maximum absolute atomic E-state index is 11.9. The highest BCUT2D eigenvalue weighted by molar-refractivity contribution is 14.0. The van der Waals surface area contributed by atoms with Crippen LogP contribution in [-0.4, -0.2) is 63.2 Å². The van der Waals surface area contributed by atoms with Crippen LogP contribution >= 0.6 is 24.0 Å². The Morgan fingerprint density at radius 2 is 1.90 bits per heavy atom. The summed E-state index contributed by atoms with van der Waals surface area (Å²) in [6, 6.07) is 10.5. The number of para-hydroxylation sites is 1. The van der Waals surface area contributed by atoms with Crippen LogP contribution < -0.4 is 10.2 Å². The first-order chi connectivity index (χ1) is 13.7. The van der Waals surface area contributed by atoms with E-state index in [0.717, 1.165) is 64.4 Å². The van der Waals surface area contributed by atoms with Gasteiger partial charge in [-0.2, -0.15) is 0 Å². The highest BCUT2D eigenvalue weighted by Gasteiger charge is 2.27. The zero-order chi connectivity index (χ0) is 20.2. The molecule has 7 heteroatoms. The van der Waals surface area contributed by atoms with Gasteiger partial charge in [-0.15, -0.1) is 24.0 Å². The zero-order valence-electron chi connectivity index (χ0n) is 18.1. The summed E-state index contributed by atoms with van der Waals surface area (Å²) in [5, 5.41) is 3.40. The third kappa shape index (κ3) is 8.80. The van der Waals surface area contributed by atoms with E-state index in [9.17, 15) is 4.79 Å². The van der Waals surface area contributed by atoms with Gasteiger partial charge in [0.25, 0.3) is 0 Å². The number of carbonyl (C=O) groups is 1. The zero-order valence-corrected chi connectivity index (χ0v) is 20.4. The number of anilines is 1. The second kappa shape index (κ2) is 14.5. The van der Waals surface area contributed by atoms with Gasteiger partial charge in [0.15, 0.2) is 5.96 Å². The van der Waals surface area contributed by atoms with Crippen LogP contribution in [0.25, 0.3) is 0 Å². The number of benzene rings is 1. The number of nitrogens with zero attached hydrogens (tertiary/aromatic N) is 3. The summed E-state index contributed by atoms with van der Waals surface area (Å²) in [7, 11) is 2.14. The summed E-state index contributed by atoms with van der Waals surface area (Å²) in [6.07, 6.45) is 3.85. The first-order valence-electron chi connectivity index (χ1n) is 10.6. The van der Waals surface area contributed by atoms with Crippen LogP contribution in [0.3, 0.4) is 0 Å². The molecule has 1 heterocycles. The molecule has 1 N–H and O–H groups in total. The molecular weight excluding hydrogens is 479 g/mol. The number of likely N-dealkylation sites (tertiary alicyclic amines) is 1. The van der Waals surface area contributed by atoms with Crippen LogP contribution in [0, 0.1) is 5.92 Å². The lowest BCUT2D eigenvalue weighted by molar-refractivity contribution is -0.149. The lowest BCUT2D eigenvalue weighted by Crippen LogP contribution is -2.46. The lowest BCUT2D eigenvalue weighted by Gasteiger charge is -2.33. The normalized spacial score (nSPS) is 14.9. The fourth-order valence-electron chi connectivity index (χ4n) is 3.47. The van der Waals surface area contributed by atoms with E-state index in [0.29, 0.717) is 6.61 Å². The molecule has 164 valence electrons. The number of nitrogens with one attached hydrogen (secondary N) is 1. The molecule has 1 fully saturated rings. The Hall–Kier alpha value is -1.51. The minimum absolute atomic E-state index is 0. The molecule has 0 bridgehead atoms. The molecule has 1 aromatic carbocycles. The number of esters is 1. The van der Waals surface area contributed by atoms with Crippen LogP contribution in [-0.2, 0) is 9.53 Å². The first-order valence-corrected chi connectivity index (χ1v) is 10.6. The molecule has 0 radical (unpaired) electrons. The van der Waals surface area contributed by atoms with Crippen molar-refractivity contribution in [3.63, 3.8) is 0 Å². The van der Waals surface area contributed by atoms with Crippen molar-refractivity contribution in [2.45, 2.75) is 39.5 Å². The summed E-state index contributed by atoms with van der Waals surface area (Å²) in [5.74, 6) is 0.959.